The first kappa shape index (κ1) is 18.0. The summed E-state index contributed by atoms with van der Waals surface area (Å²) in [5.41, 5.74) is -0.199. The number of ether oxygens (including phenoxy) is 1. The normalized spacial score (nSPS) is 19.3. The number of aliphatic hydroxyl groups is 1. The maximum atomic E-state index is 12.3. The minimum Gasteiger partial charge on any atom is -0.385 e. The fraction of sp³-hybridized carbons (Fsp3) is 0.632. The summed E-state index contributed by atoms with van der Waals surface area (Å²) in [6.07, 6.45) is 5.80. The van der Waals surface area contributed by atoms with Crippen molar-refractivity contribution in [3.05, 3.63) is 35.9 Å². The molecule has 1 aliphatic rings. The van der Waals surface area contributed by atoms with Crippen LogP contribution in [0.3, 0.4) is 0 Å². The highest BCUT2D eigenvalue weighted by molar-refractivity contribution is 5.77. The van der Waals surface area contributed by atoms with E-state index in [9.17, 15) is 9.90 Å². The predicted molar refractivity (Wildman–Crippen MR) is 91.0 cm³/mol. The van der Waals surface area contributed by atoms with Gasteiger partial charge in [-0.3, -0.25) is 4.79 Å². The van der Waals surface area contributed by atoms with E-state index in [0.29, 0.717) is 6.54 Å². The van der Waals surface area contributed by atoms with Crippen molar-refractivity contribution >= 4 is 5.91 Å². The van der Waals surface area contributed by atoms with Crippen molar-refractivity contribution in [2.75, 3.05) is 20.3 Å². The Morgan fingerprint density at radius 1 is 1.30 bits per heavy atom. The number of hydrogen-bond acceptors (Lipinski definition) is 3. The molecule has 2 N–H and O–H groups in total. The Kier molecular flexibility index (Phi) is 6.19. The largest absolute Gasteiger partial charge is 0.385 e. The molecule has 1 unspecified atom stereocenters. The maximum absolute atomic E-state index is 12.3. The van der Waals surface area contributed by atoms with Crippen molar-refractivity contribution in [2.45, 2.75) is 51.0 Å². The van der Waals surface area contributed by atoms with Crippen LogP contribution in [-0.4, -0.2) is 31.3 Å². The smallest absolute Gasteiger partial charge is 0.223 e. The van der Waals surface area contributed by atoms with Crippen LogP contribution in [0.4, 0.5) is 0 Å². The average Bonchev–Trinajstić information content (AvgIpc) is 3.01. The number of methoxy groups -OCH3 is 1. The summed E-state index contributed by atoms with van der Waals surface area (Å²) in [7, 11) is 1.72. The third-order valence-electron chi connectivity index (χ3n) is 5.06. The molecule has 0 bridgehead atoms. The lowest BCUT2D eigenvalue weighted by molar-refractivity contribution is -0.126. The molecule has 1 aromatic rings. The maximum Gasteiger partial charge on any atom is 0.223 e. The molecule has 1 aromatic carbocycles. The van der Waals surface area contributed by atoms with Gasteiger partial charge in [-0.05, 0) is 37.2 Å². The van der Waals surface area contributed by atoms with Crippen LogP contribution in [0.25, 0.3) is 0 Å². The van der Waals surface area contributed by atoms with Gasteiger partial charge >= 0.3 is 0 Å². The van der Waals surface area contributed by atoms with Gasteiger partial charge < -0.3 is 15.2 Å². The highest BCUT2D eigenvalue weighted by Gasteiger charge is 2.34. The van der Waals surface area contributed by atoms with E-state index in [4.69, 9.17) is 4.74 Å². The standard InChI is InChI=1S/C19H29NO3/c1-18(22,16-8-4-3-5-9-16)14-17(21)20-15-19(12-13-23-2)10-6-7-11-19/h3-5,8-9,22H,6-7,10-15H2,1-2H3,(H,20,21). The highest BCUT2D eigenvalue weighted by Crippen LogP contribution is 2.40. The zero-order valence-electron chi connectivity index (χ0n) is 14.3. The van der Waals surface area contributed by atoms with E-state index in [1.807, 2.05) is 30.3 Å². The molecule has 1 fully saturated rings. The second-order valence-corrected chi connectivity index (χ2v) is 7.04. The Balaban J connectivity index is 1.89. The summed E-state index contributed by atoms with van der Waals surface area (Å²) in [6, 6.07) is 9.36. The van der Waals surface area contributed by atoms with Gasteiger partial charge in [0, 0.05) is 20.3 Å². The van der Waals surface area contributed by atoms with Crippen molar-refractivity contribution in [3.8, 4) is 0 Å². The molecule has 0 saturated heterocycles. The molecule has 0 aliphatic heterocycles. The number of carbonyl (C=O) groups excluding carboxylic acids is 1. The van der Waals surface area contributed by atoms with Gasteiger partial charge in [-0.15, -0.1) is 0 Å². The van der Waals surface area contributed by atoms with Crippen LogP contribution in [0.2, 0.25) is 0 Å². The molecule has 1 saturated carbocycles. The molecule has 0 heterocycles. The molecule has 1 aliphatic carbocycles. The quantitative estimate of drug-likeness (QED) is 0.774. The van der Waals surface area contributed by atoms with Crippen molar-refractivity contribution in [1.29, 1.82) is 0 Å². The topological polar surface area (TPSA) is 58.6 Å². The van der Waals surface area contributed by atoms with Crippen LogP contribution >= 0.6 is 0 Å². The summed E-state index contributed by atoms with van der Waals surface area (Å²) in [4.78, 5) is 12.3. The lowest BCUT2D eigenvalue weighted by Gasteiger charge is -2.30. The fourth-order valence-corrected chi connectivity index (χ4v) is 3.52. The Morgan fingerprint density at radius 3 is 2.57 bits per heavy atom. The van der Waals surface area contributed by atoms with E-state index in [1.165, 1.54) is 12.8 Å². The third kappa shape index (κ3) is 5.05. The summed E-state index contributed by atoms with van der Waals surface area (Å²) in [6.45, 7) is 3.11. The number of amides is 1. The van der Waals surface area contributed by atoms with Crippen LogP contribution in [-0.2, 0) is 15.1 Å². The van der Waals surface area contributed by atoms with Gasteiger partial charge in [0.1, 0.15) is 0 Å². The molecular weight excluding hydrogens is 290 g/mol. The third-order valence-corrected chi connectivity index (χ3v) is 5.06. The van der Waals surface area contributed by atoms with Gasteiger partial charge in [-0.2, -0.15) is 0 Å². The number of benzene rings is 1. The van der Waals surface area contributed by atoms with Gasteiger partial charge in [0.2, 0.25) is 5.91 Å². The number of rotatable bonds is 8. The lowest BCUT2D eigenvalue weighted by atomic mass is 9.82. The summed E-state index contributed by atoms with van der Waals surface area (Å²) < 4.78 is 5.22. The van der Waals surface area contributed by atoms with Crippen molar-refractivity contribution in [2.24, 2.45) is 5.41 Å². The van der Waals surface area contributed by atoms with Crippen molar-refractivity contribution in [3.63, 3.8) is 0 Å². The minimum atomic E-state index is -1.14. The molecule has 2 rings (SSSR count). The Labute approximate surface area is 139 Å². The van der Waals surface area contributed by atoms with Crippen molar-refractivity contribution in [1.82, 2.24) is 5.32 Å². The van der Waals surface area contributed by atoms with Crippen LogP contribution in [0, 0.1) is 5.41 Å². The average molecular weight is 319 g/mol. The summed E-state index contributed by atoms with van der Waals surface area (Å²) in [5, 5.41) is 13.6. The molecule has 23 heavy (non-hydrogen) atoms. The Bertz CT molecular complexity index is 493. The predicted octanol–water partition coefficient (Wildman–Crippen LogP) is 3.00. The molecule has 4 nitrogen and oxygen atoms in total. The van der Waals surface area contributed by atoms with Gasteiger partial charge in [-0.1, -0.05) is 43.2 Å². The van der Waals surface area contributed by atoms with Crippen molar-refractivity contribution < 1.29 is 14.6 Å². The first-order valence-corrected chi connectivity index (χ1v) is 8.51. The van der Waals surface area contributed by atoms with Crippen LogP contribution in [0.5, 0.6) is 0 Å². The highest BCUT2D eigenvalue weighted by atomic mass is 16.5. The van der Waals surface area contributed by atoms with Crippen LogP contribution in [0.15, 0.2) is 30.3 Å². The zero-order chi connectivity index (χ0) is 16.8. The summed E-state index contributed by atoms with van der Waals surface area (Å²) >= 11 is 0. The van der Waals surface area contributed by atoms with E-state index in [0.717, 1.165) is 31.4 Å². The molecule has 128 valence electrons. The Hall–Kier alpha value is -1.39. The van der Waals surface area contributed by atoms with Gasteiger partial charge in [-0.25, -0.2) is 0 Å². The SMILES string of the molecule is COCCC1(CNC(=O)CC(C)(O)c2ccccc2)CCCC1. The van der Waals surface area contributed by atoms with E-state index in [2.05, 4.69) is 5.32 Å². The Morgan fingerprint density at radius 2 is 1.96 bits per heavy atom. The van der Waals surface area contributed by atoms with E-state index in [-0.39, 0.29) is 17.7 Å². The minimum absolute atomic E-state index is 0.0807. The molecule has 0 spiro atoms. The monoisotopic (exact) mass is 319 g/mol. The van der Waals surface area contributed by atoms with E-state index < -0.39 is 5.60 Å². The van der Waals surface area contributed by atoms with E-state index in [1.54, 1.807) is 14.0 Å². The number of carbonyl (C=O) groups is 1. The first-order chi connectivity index (χ1) is 11.0. The zero-order valence-corrected chi connectivity index (χ0v) is 14.3. The van der Waals surface area contributed by atoms with E-state index >= 15 is 0 Å². The summed E-state index contributed by atoms with van der Waals surface area (Å²) in [5.74, 6) is -0.0949. The molecule has 4 heteroatoms. The molecule has 1 atom stereocenters. The molecule has 0 radical (unpaired) electrons. The van der Waals surface area contributed by atoms with Gasteiger partial charge in [0.25, 0.3) is 0 Å². The number of hydrogen-bond donors (Lipinski definition) is 2. The number of nitrogens with one attached hydrogen (secondary N) is 1. The van der Waals surface area contributed by atoms with Crippen LogP contribution in [0.1, 0.15) is 51.0 Å². The fourth-order valence-electron chi connectivity index (χ4n) is 3.52. The van der Waals surface area contributed by atoms with Gasteiger partial charge in [0.15, 0.2) is 0 Å². The lowest BCUT2D eigenvalue weighted by Crippen LogP contribution is -2.39. The van der Waals surface area contributed by atoms with Gasteiger partial charge in [0.05, 0.1) is 12.0 Å². The molecule has 0 aromatic heterocycles. The molecule has 1 amide bonds. The molecular formula is C19H29NO3. The second-order valence-electron chi connectivity index (χ2n) is 7.04. The van der Waals surface area contributed by atoms with Crippen LogP contribution < -0.4 is 5.32 Å². The second kappa shape index (κ2) is 7.93. The first-order valence-electron chi connectivity index (χ1n) is 8.51.